The van der Waals surface area contributed by atoms with E-state index in [9.17, 15) is 9.59 Å². The zero-order valence-electron chi connectivity index (χ0n) is 27.2. The van der Waals surface area contributed by atoms with E-state index < -0.39 is 38.0 Å². The second kappa shape index (κ2) is 14.7. The molecule has 0 radical (unpaired) electrons. The molecule has 242 valence electrons. The van der Waals surface area contributed by atoms with Crippen LogP contribution in [0.5, 0.6) is 0 Å². The number of ether oxygens (including phenoxy) is 3. The van der Waals surface area contributed by atoms with Crippen LogP contribution in [-0.2, 0) is 18.6 Å². The molecule has 0 unspecified atom stereocenters. The maximum atomic E-state index is 13.2. The highest BCUT2D eigenvalue weighted by Gasteiger charge is 2.52. The molecule has 0 bridgehead atoms. The van der Waals surface area contributed by atoms with Crippen LogP contribution in [0, 0.1) is 12.8 Å². The molecule has 1 N–H and O–H groups in total. The van der Waals surface area contributed by atoms with Gasteiger partial charge in [-0.1, -0.05) is 124 Å². The van der Waals surface area contributed by atoms with Gasteiger partial charge >= 0.3 is 5.69 Å². The first-order chi connectivity index (χ1) is 22.2. The van der Waals surface area contributed by atoms with Gasteiger partial charge in [0.05, 0.1) is 25.9 Å². The Morgan fingerprint density at radius 1 is 0.891 bits per heavy atom. The minimum atomic E-state index is -2.90. The Morgan fingerprint density at radius 3 is 2.04 bits per heavy atom. The molecule has 0 spiro atoms. The van der Waals surface area contributed by atoms with Gasteiger partial charge in [0.2, 0.25) is 0 Å². The molecular weight excluding hydrogens is 597 g/mol. The van der Waals surface area contributed by atoms with Gasteiger partial charge in [-0.15, -0.1) is 0 Å². The van der Waals surface area contributed by atoms with Crippen molar-refractivity contribution in [2.24, 2.45) is 5.92 Å². The van der Waals surface area contributed by atoms with E-state index in [2.05, 4.69) is 86.4 Å². The number of nitrogens with one attached hydrogen (secondary N) is 1. The molecule has 1 fully saturated rings. The number of aryl methyl sites for hydroxylation is 1. The Bertz CT molecular complexity index is 1660. The molecule has 1 aliphatic rings. The van der Waals surface area contributed by atoms with Crippen molar-refractivity contribution < 1.29 is 18.6 Å². The van der Waals surface area contributed by atoms with Crippen LogP contribution in [0.25, 0.3) is 6.08 Å². The van der Waals surface area contributed by atoms with Crippen LogP contribution in [0.15, 0.2) is 113 Å². The maximum Gasteiger partial charge on any atom is 0.330 e. The van der Waals surface area contributed by atoms with Gasteiger partial charge in [-0.25, -0.2) is 4.79 Å². The zero-order chi connectivity index (χ0) is 32.7. The van der Waals surface area contributed by atoms with E-state index in [-0.39, 0.29) is 17.6 Å². The molecule has 5 rings (SSSR count). The summed E-state index contributed by atoms with van der Waals surface area (Å²) in [7, 11) is -1.28. The van der Waals surface area contributed by atoms with Crippen LogP contribution in [0.3, 0.4) is 0 Å². The van der Waals surface area contributed by atoms with Gasteiger partial charge in [-0.05, 0) is 27.9 Å². The lowest BCUT2D eigenvalue weighted by atomic mass is 9.96. The molecule has 46 heavy (non-hydrogen) atoms. The normalized spacial score (nSPS) is 20.4. The molecule has 4 atom stereocenters. The molecule has 4 aromatic rings. The number of benzene rings is 3. The standard InChI is InChI=1S/C37H44N2O6Si/c1-27-25-39(36(41)38-34(27)40)35-33(43-24-23-42-5)31(22-21-28-15-9-6-10-16-28)32(45-35)26-44-46(37(2,3)4,29-17-11-7-12-18-29)30-19-13-8-14-20-30/h6-22,25,31-33,35H,23-24,26H2,1-5H3,(H,38,40,41)/b22-21+/t31-,32-,33-,35-/m1/s1. The summed E-state index contributed by atoms with van der Waals surface area (Å²) in [4.78, 5) is 27.9. The van der Waals surface area contributed by atoms with Crippen molar-refractivity contribution in [2.75, 3.05) is 26.9 Å². The zero-order valence-corrected chi connectivity index (χ0v) is 28.2. The minimum Gasteiger partial charge on any atom is -0.405 e. The quantitative estimate of drug-likeness (QED) is 0.179. The number of hydrogen-bond acceptors (Lipinski definition) is 6. The SMILES string of the molecule is COCCO[C@@H]1[C@H](/C=C/c2ccccc2)[C@@H](CO[Si](c2ccccc2)(c2ccccc2)C(C)(C)C)O[C@H]1n1cc(C)c(=O)[nH]c1=O. The number of rotatable bonds is 12. The van der Waals surface area contributed by atoms with Crippen molar-refractivity contribution in [2.45, 2.75) is 51.2 Å². The molecule has 0 saturated carbocycles. The van der Waals surface area contributed by atoms with Crippen molar-refractivity contribution in [1.82, 2.24) is 9.55 Å². The van der Waals surface area contributed by atoms with Crippen LogP contribution in [0.4, 0.5) is 0 Å². The van der Waals surface area contributed by atoms with Crippen molar-refractivity contribution in [3.05, 3.63) is 135 Å². The molecule has 9 heteroatoms. The second-order valence-corrected chi connectivity index (χ2v) is 17.0. The fourth-order valence-corrected chi connectivity index (χ4v) is 10.9. The number of aromatic amines is 1. The Labute approximate surface area is 271 Å². The van der Waals surface area contributed by atoms with Gasteiger partial charge in [0.1, 0.15) is 6.10 Å². The van der Waals surface area contributed by atoms with Gasteiger partial charge in [0, 0.05) is 24.8 Å². The van der Waals surface area contributed by atoms with Crippen LogP contribution >= 0.6 is 0 Å². The van der Waals surface area contributed by atoms with E-state index in [1.165, 1.54) is 14.9 Å². The molecular formula is C37H44N2O6Si. The summed E-state index contributed by atoms with van der Waals surface area (Å²) in [5, 5.41) is 2.10. The topological polar surface area (TPSA) is 91.8 Å². The first-order valence-corrected chi connectivity index (χ1v) is 17.6. The molecule has 0 aliphatic carbocycles. The molecule has 1 aromatic heterocycles. The van der Waals surface area contributed by atoms with Crippen LogP contribution < -0.4 is 21.6 Å². The van der Waals surface area contributed by atoms with Crippen molar-refractivity contribution in [3.8, 4) is 0 Å². The highest BCUT2D eigenvalue weighted by molar-refractivity contribution is 6.99. The summed E-state index contributed by atoms with van der Waals surface area (Å²) in [5.41, 5.74) is 0.455. The lowest BCUT2D eigenvalue weighted by molar-refractivity contribution is -0.0783. The molecule has 1 saturated heterocycles. The van der Waals surface area contributed by atoms with Gasteiger partial charge in [0.15, 0.2) is 6.23 Å². The van der Waals surface area contributed by atoms with Crippen LogP contribution in [-0.4, -0.2) is 57.0 Å². The summed E-state index contributed by atoms with van der Waals surface area (Å²) < 4.78 is 27.3. The maximum absolute atomic E-state index is 13.2. The Hall–Kier alpha value is -3.86. The van der Waals surface area contributed by atoms with Crippen molar-refractivity contribution in [1.29, 1.82) is 0 Å². The van der Waals surface area contributed by atoms with E-state index in [1.807, 2.05) is 42.5 Å². The van der Waals surface area contributed by atoms with Gasteiger partial charge < -0.3 is 18.6 Å². The molecule has 0 amide bonds. The first-order valence-electron chi connectivity index (χ1n) is 15.7. The van der Waals surface area contributed by atoms with Crippen LogP contribution in [0.1, 0.15) is 38.1 Å². The average Bonchev–Trinajstić information content (AvgIpc) is 3.39. The fraction of sp³-hybridized carbons (Fsp3) is 0.351. The number of aromatic nitrogens is 2. The predicted octanol–water partition coefficient (Wildman–Crippen LogP) is 4.68. The Morgan fingerprint density at radius 2 is 1.48 bits per heavy atom. The van der Waals surface area contributed by atoms with E-state index in [0.717, 1.165) is 5.56 Å². The largest absolute Gasteiger partial charge is 0.405 e. The molecule has 1 aliphatic heterocycles. The van der Waals surface area contributed by atoms with E-state index >= 15 is 0 Å². The highest BCUT2D eigenvalue weighted by Crippen LogP contribution is 2.40. The first kappa shape index (κ1) is 33.5. The minimum absolute atomic E-state index is 0.232. The van der Waals surface area contributed by atoms with E-state index in [1.54, 1.807) is 20.2 Å². The van der Waals surface area contributed by atoms with E-state index in [4.69, 9.17) is 18.6 Å². The van der Waals surface area contributed by atoms with Gasteiger partial charge in [-0.3, -0.25) is 14.3 Å². The average molecular weight is 641 g/mol. The Balaban J connectivity index is 1.60. The summed E-state index contributed by atoms with van der Waals surface area (Å²) in [6.45, 7) is 9.32. The third kappa shape index (κ3) is 7.09. The number of H-pyrrole nitrogens is 1. The van der Waals surface area contributed by atoms with E-state index in [0.29, 0.717) is 18.8 Å². The summed E-state index contributed by atoms with van der Waals surface area (Å²) in [5.74, 6) is -0.292. The molecule has 8 nitrogen and oxygen atoms in total. The van der Waals surface area contributed by atoms with Crippen molar-refractivity contribution in [3.63, 3.8) is 0 Å². The third-order valence-corrected chi connectivity index (χ3v) is 13.6. The van der Waals surface area contributed by atoms with Crippen molar-refractivity contribution >= 4 is 24.8 Å². The highest BCUT2D eigenvalue weighted by atomic mass is 28.4. The third-order valence-electron chi connectivity index (χ3n) is 8.61. The Kier molecular flexibility index (Phi) is 10.7. The summed E-state index contributed by atoms with van der Waals surface area (Å²) in [6, 6.07) is 31.0. The fourth-order valence-electron chi connectivity index (χ4n) is 6.35. The number of methoxy groups -OCH3 is 1. The molecule has 2 heterocycles. The summed E-state index contributed by atoms with van der Waals surface area (Å²) >= 11 is 0. The number of hydrogen-bond donors (Lipinski definition) is 1. The predicted molar refractivity (Wildman–Crippen MR) is 184 cm³/mol. The smallest absolute Gasteiger partial charge is 0.330 e. The van der Waals surface area contributed by atoms with Crippen LogP contribution in [0.2, 0.25) is 5.04 Å². The summed E-state index contributed by atoms with van der Waals surface area (Å²) in [6.07, 6.45) is 3.85. The lowest BCUT2D eigenvalue weighted by Gasteiger charge is -2.43. The number of nitrogens with zero attached hydrogens (tertiary/aromatic N) is 1. The van der Waals surface area contributed by atoms with Gasteiger partial charge in [0.25, 0.3) is 13.9 Å². The lowest BCUT2D eigenvalue weighted by Crippen LogP contribution is -2.67. The molecule has 3 aromatic carbocycles. The second-order valence-electron chi connectivity index (χ2n) is 12.7. The monoisotopic (exact) mass is 640 g/mol. The van der Waals surface area contributed by atoms with Gasteiger partial charge in [-0.2, -0.15) is 0 Å².